The number of rotatable bonds is 6. The van der Waals surface area contributed by atoms with Crippen LogP contribution in [0, 0.1) is 13.8 Å². The second-order valence-electron chi connectivity index (χ2n) is 4.10. The number of nitrogens with one attached hydrogen (secondary N) is 1. The highest BCUT2D eigenvalue weighted by Gasteiger charge is 2.03. The molecular weight excluding hydrogens is 202 g/mol. The Bertz CT molecular complexity index is 295. The standard InChI is InChI=1S/C13H21NS/c1-5-6-7-11(3)14-9-13-8-10(2)12(4)15-13/h5,8,11,14H,1,6-7,9H2,2-4H3. The van der Waals surface area contributed by atoms with E-state index < -0.39 is 0 Å². The summed E-state index contributed by atoms with van der Waals surface area (Å²) in [7, 11) is 0. The maximum absolute atomic E-state index is 3.74. The van der Waals surface area contributed by atoms with E-state index >= 15 is 0 Å². The molecule has 0 fully saturated rings. The van der Waals surface area contributed by atoms with Gasteiger partial charge in [0, 0.05) is 22.3 Å². The normalized spacial score (nSPS) is 12.7. The summed E-state index contributed by atoms with van der Waals surface area (Å²) in [6.45, 7) is 11.3. The van der Waals surface area contributed by atoms with Crippen molar-refractivity contribution in [1.29, 1.82) is 0 Å². The Morgan fingerprint density at radius 2 is 2.27 bits per heavy atom. The SMILES string of the molecule is C=CCCC(C)NCc1cc(C)c(C)s1. The van der Waals surface area contributed by atoms with E-state index in [0.717, 1.165) is 13.0 Å². The summed E-state index contributed by atoms with van der Waals surface area (Å²) in [5.41, 5.74) is 1.41. The molecule has 1 heterocycles. The van der Waals surface area contributed by atoms with Gasteiger partial charge in [-0.05, 0) is 45.2 Å². The summed E-state index contributed by atoms with van der Waals surface area (Å²) in [6, 6.07) is 2.86. The molecule has 0 aliphatic rings. The lowest BCUT2D eigenvalue weighted by Gasteiger charge is -2.11. The Morgan fingerprint density at radius 1 is 1.53 bits per heavy atom. The average Bonchev–Trinajstić information content (AvgIpc) is 2.52. The van der Waals surface area contributed by atoms with Gasteiger partial charge in [0.05, 0.1) is 0 Å². The quantitative estimate of drug-likeness (QED) is 0.723. The van der Waals surface area contributed by atoms with Crippen LogP contribution in [-0.2, 0) is 6.54 Å². The molecule has 1 rings (SSSR count). The highest BCUT2D eigenvalue weighted by atomic mass is 32.1. The van der Waals surface area contributed by atoms with E-state index in [1.54, 1.807) is 0 Å². The van der Waals surface area contributed by atoms with Crippen LogP contribution in [0.15, 0.2) is 18.7 Å². The Hall–Kier alpha value is -0.600. The third-order valence-electron chi connectivity index (χ3n) is 2.65. The van der Waals surface area contributed by atoms with Crippen LogP contribution >= 0.6 is 11.3 Å². The molecule has 1 aromatic heterocycles. The van der Waals surface area contributed by atoms with Crippen molar-refractivity contribution in [2.45, 2.75) is 46.2 Å². The van der Waals surface area contributed by atoms with E-state index in [1.165, 1.54) is 21.7 Å². The molecule has 0 aliphatic carbocycles. The minimum Gasteiger partial charge on any atom is -0.309 e. The van der Waals surface area contributed by atoms with E-state index in [2.05, 4.69) is 38.7 Å². The highest BCUT2D eigenvalue weighted by molar-refractivity contribution is 7.12. The molecule has 0 bridgehead atoms. The monoisotopic (exact) mass is 223 g/mol. The van der Waals surface area contributed by atoms with Gasteiger partial charge >= 0.3 is 0 Å². The van der Waals surface area contributed by atoms with Crippen LogP contribution in [0.25, 0.3) is 0 Å². The molecule has 0 aromatic carbocycles. The van der Waals surface area contributed by atoms with Gasteiger partial charge in [-0.3, -0.25) is 0 Å². The van der Waals surface area contributed by atoms with Crippen LogP contribution in [0.1, 0.15) is 35.1 Å². The number of hydrogen-bond donors (Lipinski definition) is 1. The minimum absolute atomic E-state index is 0.575. The van der Waals surface area contributed by atoms with Gasteiger partial charge in [0.25, 0.3) is 0 Å². The Kier molecular flexibility index (Phi) is 5.06. The lowest BCUT2D eigenvalue weighted by Crippen LogP contribution is -2.24. The molecule has 84 valence electrons. The van der Waals surface area contributed by atoms with E-state index in [4.69, 9.17) is 0 Å². The first-order valence-electron chi connectivity index (χ1n) is 5.53. The van der Waals surface area contributed by atoms with Gasteiger partial charge in [-0.15, -0.1) is 17.9 Å². The summed E-state index contributed by atoms with van der Waals surface area (Å²) in [6.07, 6.45) is 4.25. The minimum atomic E-state index is 0.575. The van der Waals surface area contributed by atoms with Crippen molar-refractivity contribution in [3.05, 3.63) is 34.0 Å². The summed E-state index contributed by atoms with van der Waals surface area (Å²) < 4.78 is 0. The fourth-order valence-corrected chi connectivity index (χ4v) is 2.49. The first kappa shape index (κ1) is 12.5. The van der Waals surface area contributed by atoms with Crippen molar-refractivity contribution in [2.24, 2.45) is 0 Å². The second-order valence-corrected chi connectivity index (χ2v) is 5.44. The molecule has 1 atom stereocenters. The summed E-state index contributed by atoms with van der Waals surface area (Å²) in [4.78, 5) is 2.88. The highest BCUT2D eigenvalue weighted by Crippen LogP contribution is 2.20. The van der Waals surface area contributed by atoms with E-state index in [1.807, 2.05) is 17.4 Å². The zero-order chi connectivity index (χ0) is 11.3. The van der Waals surface area contributed by atoms with Crippen LogP contribution < -0.4 is 5.32 Å². The Labute approximate surface area is 97.2 Å². The van der Waals surface area contributed by atoms with E-state index in [0.29, 0.717) is 6.04 Å². The van der Waals surface area contributed by atoms with E-state index in [-0.39, 0.29) is 0 Å². The fraction of sp³-hybridized carbons (Fsp3) is 0.538. The third-order valence-corrected chi connectivity index (χ3v) is 3.80. The number of aryl methyl sites for hydroxylation is 2. The molecule has 0 saturated heterocycles. The fourth-order valence-electron chi connectivity index (χ4n) is 1.48. The van der Waals surface area contributed by atoms with Crippen LogP contribution in [0.5, 0.6) is 0 Å². The molecule has 15 heavy (non-hydrogen) atoms. The van der Waals surface area contributed by atoms with Crippen molar-refractivity contribution in [3.63, 3.8) is 0 Å². The smallest absolute Gasteiger partial charge is 0.0302 e. The molecule has 1 N–H and O–H groups in total. The van der Waals surface area contributed by atoms with Crippen molar-refractivity contribution < 1.29 is 0 Å². The summed E-state index contributed by atoms with van der Waals surface area (Å²) >= 11 is 1.90. The summed E-state index contributed by atoms with van der Waals surface area (Å²) in [5, 5.41) is 3.54. The topological polar surface area (TPSA) is 12.0 Å². The van der Waals surface area contributed by atoms with Gasteiger partial charge in [0.1, 0.15) is 0 Å². The Balaban J connectivity index is 2.33. The van der Waals surface area contributed by atoms with Crippen molar-refractivity contribution in [2.75, 3.05) is 0 Å². The van der Waals surface area contributed by atoms with Crippen LogP contribution in [0.3, 0.4) is 0 Å². The second kappa shape index (κ2) is 6.09. The first-order valence-corrected chi connectivity index (χ1v) is 6.35. The number of allylic oxidation sites excluding steroid dienone is 1. The van der Waals surface area contributed by atoms with Gasteiger partial charge in [-0.25, -0.2) is 0 Å². The molecule has 1 aromatic rings. The molecule has 1 unspecified atom stereocenters. The van der Waals surface area contributed by atoms with Crippen LogP contribution in [-0.4, -0.2) is 6.04 Å². The predicted octanol–water partition coefficient (Wildman–Crippen LogP) is 3.81. The lowest BCUT2D eigenvalue weighted by molar-refractivity contribution is 0.521. The average molecular weight is 223 g/mol. The molecule has 0 radical (unpaired) electrons. The van der Waals surface area contributed by atoms with Crippen LogP contribution in [0.4, 0.5) is 0 Å². The van der Waals surface area contributed by atoms with Gasteiger partial charge in [0.15, 0.2) is 0 Å². The maximum Gasteiger partial charge on any atom is 0.0302 e. The van der Waals surface area contributed by atoms with E-state index in [9.17, 15) is 0 Å². The molecule has 0 amide bonds. The predicted molar refractivity (Wildman–Crippen MR) is 69.5 cm³/mol. The van der Waals surface area contributed by atoms with Crippen molar-refractivity contribution in [1.82, 2.24) is 5.32 Å². The molecule has 0 saturated carbocycles. The zero-order valence-electron chi connectivity index (χ0n) is 9.97. The maximum atomic E-state index is 3.74. The molecular formula is C13H21NS. The summed E-state index contributed by atoms with van der Waals surface area (Å²) in [5.74, 6) is 0. The molecule has 0 aliphatic heterocycles. The lowest BCUT2D eigenvalue weighted by atomic mass is 10.2. The van der Waals surface area contributed by atoms with Gasteiger partial charge in [0.2, 0.25) is 0 Å². The van der Waals surface area contributed by atoms with Gasteiger partial charge in [-0.2, -0.15) is 0 Å². The molecule has 2 heteroatoms. The Morgan fingerprint density at radius 3 is 2.80 bits per heavy atom. The van der Waals surface area contributed by atoms with Gasteiger partial charge < -0.3 is 5.32 Å². The number of thiophene rings is 1. The zero-order valence-corrected chi connectivity index (χ0v) is 10.8. The van der Waals surface area contributed by atoms with Gasteiger partial charge in [-0.1, -0.05) is 6.08 Å². The molecule has 0 spiro atoms. The third kappa shape index (κ3) is 4.18. The van der Waals surface area contributed by atoms with Crippen molar-refractivity contribution >= 4 is 11.3 Å². The number of hydrogen-bond acceptors (Lipinski definition) is 2. The molecule has 1 nitrogen and oxygen atoms in total. The first-order chi connectivity index (χ1) is 7.13. The largest absolute Gasteiger partial charge is 0.309 e. The van der Waals surface area contributed by atoms with Crippen LogP contribution in [0.2, 0.25) is 0 Å². The van der Waals surface area contributed by atoms with Crippen molar-refractivity contribution in [3.8, 4) is 0 Å².